The highest BCUT2D eigenvalue weighted by molar-refractivity contribution is 5.82. The van der Waals surface area contributed by atoms with E-state index >= 15 is 0 Å². The molecule has 108 valence electrons. The largest absolute Gasteiger partial charge is 0.398 e. The second-order valence-electron chi connectivity index (χ2n) is 5.95. The molecule has 1 saturated carbocycles. The van der Waals surface area contributed by atoms with E-state index < -0.39 is 0 Å². The number of nitrogen functional groups attached to an aromatic ring is 1. The minimum Gasteiger partial charge on any atom is -0.398 e. The molecule has 0 spiro atoms. The Labute approximate surface area is 119 Å². The SMILES string of the molecule is CC1CCOC1C(=O)N(Cc1ccccc1N)C1CC1. The topological polar surface area (TPSA) is 55.6 Å². The van der Waals surface area contributed by atoms with E-state index in [0.717, 1.165) is 30.5 Å². The van der Waals surface area contributed by atoms with Crippen LogP contribution >= 0.6 is 0 Å². The maximum absolute atomic E-state index is 12.7. The first-order chi connectivity index (χ1) is 9.66. The van der Waals surface area contributed by atoms with Crippen LogP contribution in [0.5, 0.6) is 0 Å². The lowest BCUT2D eigenvalue weighted by Crippen LogP contribution is -2.42. The molecule has 1 aromatic carbocycles. The van der Waals surface area contributed by atoms with Crippen LogP contribution in [0.15, 0.2) is 24.3 Å². The number of benzene rings is 1. The summed E-state index contributed by atoms with van der Waals surface area (Å²) in [6.07, 6.45) is 2.90. The first-order valence-electron chi connectivity index (χ1n) is 7.42. The van der Waals surface area contributed by atoms with Crippen LogP contribution in [0.1, 0.15) is 31.7 Å². The molecule has 3 rings (SSSR count). The van der Waals surface area contributed by atoms with Gasteiger partial charge in [-0.2, -0.15) is 0 Å². The fourth-order valence-corrected chi connectivity index (χ4v) is 2.81. The Kier molecular flexibility index (Phi) is 3.66. The minimum atomic E-state index is -0.263. The molecule has 1 aliphatic carbocycles. The summed E-state index contributed by atoms with van der Waals surface area (Å²) in [6.45, 7) is 3.39. The summed E-state index contributed by atoms with van der Waals surface area (Å²) < 4.78 is 5.63. The van der Waals surface area contributed by atoms with Gasteiger partial charge in [-0.25, -0.2) is 0 Å². The number of carbonyl (C=O) groups is 1. The maximum Gasteiger partial charge on any atom is 0.252 e. The number of nitrogens with two attached hydrogens (primary N) is 1. The summed E-state index contributed by atoms with van der Waals surface area (Å²) in [6, 6.07) is 8.15. The van der Waals surface area contributed by atoms with Crippen LogP contribution in [0.2, 0.25) is 0 Å². The van der Waals surface area contributed by atoms with Gasteiger partial charge in [0.1, 0.15) is 6.10 Å². The smallest absolute Gasteiger partial charge is 0.252 e. The second kappa shape index (κ2) is 5.44. The normalized spacial score (nSPS) is 25.6. The average molecular weight is 274 g/mol. The first kappa shape index (κ1) is 13.4. The highest BCUT2D eigenvalue weighted by Gasteiger charge is 2.40. The molecule has 1 aromatic rings. The Balaban J connectivity index is 1.76. The summed E-state index contributed by atoms with van der Waals surface area (Å²) in [5.41, 5.74) is 7.78. The van der Waals surface area contributed by atoms with Crippen molar-refractivity contribution in [2.24, 2.45) is 5.92 Å². The van der Waals surface area contributed by atoms with Gasteiger partial charge in [-0.1, -0.05) is 25.1 Å². The molecule has 2 atom stereocenters. The fraction of sp³-hybridized carbons (Fsp3) is 0.562. The lowest BCUT2D eigenvalue weighted by atomic mass is 10.0. The molecule has 0 radical (unpaired) electrons. The van der Waals surface area contributed by atoms with Crippen LogP contribution < -0.4 is 5.73 Å². The van der Waals surface area contributed by atoms with Crippen LogP contribution in [0.4, 0.5) is 5.69 Å². The molecule has 0 aromatic heterocycles. The van der Waals surface area contributed by atoms with E-state index in [-0.39, 0.29) is 12.0 Å². The summed E-state index contributed by atoms with van der Waals surface area (Å²) in [5, 5.41) is 0. The minimum absolute atomic E-state index is 0.140. The van der Waals surface area contributed by atoms with Crippen molar-refractivity contribution in [2.45, 2.75) is 44.9 Å². The van der Waals surface area contributed by atoms with Crippen molar-refractivity contribution in [3.05, 3.63) is 29.8 Å². The van der Waals surface area contributed by atoms with Gasteiger partial charge in [0.15, 0.2) is 0 Å². The zero-order valence-electron chi connectivity index (χ0n) is 11.9. The molecule has 2 N–H and O–H groups in total. The Bertz CT molecular complexity index is 499. The summed E-state index contributed by atoms with van der Waals surface area (Å²) >= 11 is 0. The van der Waals surface area contributed by atoms with Crippen molar-refractivity contribution >= 4 is 11.6 Å². The molecule has 4 nitrogen and oxygen atoms in total. The van der Waals surface area contributed by atoms with Crippen LogP contribution in [-0.2, 0) is 16.1 Å². The molecule has 4 heteroatoms. The molecular weight excluding hydrogens is 252 g/mol. The van der Waals surface area contributed by atoms with E-state index in [4.69, 9.17) is 10.5 Å². The number of anilines is 1. The lowest BCUT2D eigenvalue weighted by molar-refractivity contribution is -0.143. The standard InChI is InChI=1S/C16H22N2O2/c1-11-8-9-20-15(11)16(19)18(13-6-7-13)10-12-4-2-3-5-14(12)17/h2-5,11,13,15H,6-10,17H2,1H3. The number of ether oxygens (including phenoxy) is 1. The fourth-order valence-electron chi connectivity index (χ4n) is 2.81. The number of para-hydroxylation sites is 1. The first-order valence-corrected chi connectivity index (χ1v) is 7.42. The third kappa shape index (κ3) is 2.66. The van der Waals surface area contributed by atoms with Gasteiger partial charge in [0, 0.05) is 24.9 Å². The highest BCUT2D eigenvalue weighted by atomic mass is 16.5. The van der Waals surface area contributed by atoms with Gasteiger partial charge in [0.25, 0.3) is 5.91 Å². The highest BCUT2D eigenvalue weighted by Crippen LogP contribution is 2.32. The molecule has 2 unspecified atom stereocenters. The molecule has 0 bridgehead atoms. The molecule has 1 amide bonds. The number of carbonyl (C=O) groups excluding carboxylic acids is 1. The van der Waals surface area contributed by atoms with Crippen LogP contribution in [0, 0.1) is 5.92 Å². The number of rotatable bonds is 4. The number of hydrogen-bond donors (Lipinski definition) is 1. The van der Waals surface area contributed by atoms with Crippen molar-refractivity contribution in [2.75, 3.05) is 12.3 Å². The van der Waals surface area contributed by atoms with E-state index in [2.05, 4.69) is 6.92 Å². The van der Waals surface area contributed by atoms with E-state index in [0.29, 0.717) is 25.1 Å². The Hall–Kier alpha value is -1.55. The molecule has 2 fully saturated rings. The van der Waals surface area contributed by atoms with E-state index in [1.54, 1.807) is 0 Å². The predicted octanol–water partition coefficient (Wildman–Crippen LogP) is 2.18. The average Bonchev–Trinajstić information content (AvgIpc) is 3.19. The molecule has 1 saturated heterocycles. The van der Waals surface area contributed by atoms with E-state index in [1.165, 1.54) is 0 Å². The predicted molar refractivity (Wildman–Crippen MR) is 77.9 cm³/mol. The zero-order valence-corrected chi connectivity index (χ0v) is 11.9. The van der Waals surface area contributed by atoms with Crippen LogP contribution in [0.25, 0.3) is 0 Å². The second-order valence-corrected chi connectivity index (χ2v) is 5.95. The van der Waals surface area contributed by atoms with Crippen LogP contribution in [-0.4, -0.2) is 29.6 Å². The summed E-state index contributed by atoms with van der Waals surface area (Å²) in [5.74, 6) is 0.456. The Morgan fingerprint density at radius 1 is 1.35 bits per heavy atom. The monoisotopic (exact) mass is 274 g/mol. The van der Waals surface area contributed by atoms with Gasteiger partial charge in [-0.05, 0) is 36.8 Å². The quantitative estimate of drug-likeness (QED) is 0.856. The number of hydrogen-bond acceptors (Lipinski definition) is 3. The van der Waals surface area contributed by atoms with Gasteiger partial charge < -0.3 is 15.4 Å². The van der Waals surface area contributed by atoms with Gasteiger partial charge >= 0.3 is 0 Å². The van der Waals surface area contributed by atoms with Gasteiger partial charge in [0.2, 0.25) is 0 Å². The molecule has 1 heterocycles. The molecular formula is C16H22N2O2. The van der Waals surface area contributed by atoms with Crippen molar-refractivity contribution < 1.29 is 9.53 Å². The third-order valence-electron chi connectivity index (χ3n) is 4.30. The Morgan fingerprint density at radius 3 is 2.70 bits per heavy atom. The molecule has 1 aliphatic heterocycles. The van der Waals surface area contributed by atoms with Gasteiger partial charge in [0.05, 0.1) is 0 Å². The molecule has 20 heavy (non-hydrogen) atoms. The zero-order chi connectivity index (χ0) is 14.1. The lowest BCUT2D eigenvalue weighted by Gasteiger charge is -2.27. The van der Waals surface area contributed by atoms with Crippen molar-refractivity contribution in [3.8, 4) is 0 Å². The number of nitrogens with zero attached hydrogens (tertiary/aromatic N) is 1. The van der Waals surface area contributed by atoms with E-state index in [1.807, 2.05) is 29.2 Å². The maximum atomic E-state index is 12.7. The molecule has 2 aliphatic rings. The van der Waals surface area contributed by atoms with Crippen molar-refractivity contribution in [1.29, 1.82) is 0 Å². The summed E-state index contributed by atoms with van der Waals surface area (Å²) in [7, 11) is 0. The Morgan fingerprint density at radius 2 is 2.10 bits per heavy atom. The number of amides is 1. The van der Waals surface area contributed by atoms with Crippen molar-refractivity contribution in [1.82, 2.24) is 4.90 Å². The van der Waals surface area contributed by atoms with E-state index in [9.17, 15) is 4.79 Å². The van der Waals surface area contributed by atoms with Crippen LogP contribution in [0.3, 0.4) is 0 Å². The third-order valence-corrected chi connectivity index (χ3v) is 4.30. The summed E-state index contributed by atoms with van der Waals surface area (Å²) in [4.78, 5) is 14.7. The van der Waals surface area contributed by atoms with Gasteiger partial charge in [-0.3, -0.25) is 4.79 Å². The van der Waals surface area contributed by atoms with Gasteiger partial charge in [-0.15, -0.1) is 0 Å². The van der Waals surface area contributed by atoms with Crippen molar-refractivity contribution in [3.63, 3.8) is 0 Å².